The number of rotatable bonds is 6. The summed E-state index contributed by atoms with van der Waals surface area (Å²) in [4.78, 5) is 11.5. The molecule has 0 aliphatic heterocycles. The summed E-state index contributed by atoms with van der Waals surface area (Å²) in [7, 11) is 0. The van der Waals surface area contributed by atoms with Crippen LogP contribution in [0.1, 0.15) is 27.7 Å². The van der Waals surface area contributed by atoms with E-state index in [4.69, 9.17) is 4.74 Å². The lowest BCUT2D eigenvalue weighted by molar-refractivity contribution is -0.0498. The lowest BCUT2D eigenvalue weighted by Crippen LogP contribution is -2.38. The second kappa shape index (κ2) is 7.82. The molecule has 22 heavy (non-hydrogen) atoms. The summed E-state index contributed by atoms with van der Waals surface area (Å²) in [5.74, 6) is 0.0762. The Hall–Kier alpha value is -2.05. The topological polar surface area (TPSA) is 59.6 Å². The minimum atomic E-state index is -2.86. The van der Waals surface area contributed by atoms with E-state index in [1.165, 1.54) is 12.1 Å². The number of carbonyl (C=O) groups excluding carboxylic acids is 1. The number of carbonyl (C=O) groups is 1. The van der Waals surface area contributed by atoms with E-state index >= 15 is 0 Å². The maximum atomic E-state index is 12.2. The second-order valence-electron chi connectivity index (χ2n) is 5.83. The van der Waals surface area contributed by atoms with Crippen molar-refractivity contribution in [1.82, 2.24) is 5.32 Å². The van der Waals surface area contributed by atoms with E-state index in [2.05, 4.69) is 15.4 Å². The average molecular weight is 316 g/mol. The predicted molar refractivity (Wildman–Crippen MR) is 80.4 cm³/mol. The van der Waals surface area contributed by atoms with E-state index in [1.54, 1.807) is 32.9 Å². The lowest BCUT2D eigenvalue weighted by Gasteiger charge is -2.21. The molecule has 0 spiro atoms. The Morgan fingerprint density at radius 3 is 2.59 bits per heavy atom. The van der Waals surface area contributed by atoms with Gasteiger partial charge in [-0.25, -0.2) is 4.79 Å². The van der Waals surface area contributed by atoms with Crippen LogP contribution >= 0.6 is 0 Å². The van der Waals surface area contributed by atoms with Gasteiger partial charge >= 0.3 is 12.7 Å². The molecule has 0 aliphatic rings. The van der Waals surface area contributed by atoms with Crippen LogP contribution in [0, 0.1) is 0 Å². The first kappa shape index (κ1) is 18.0. The number of benzene rings is 1. The third-order valence-corrected chi connectivity index (χ3v) is 2.42. The van der Waals surface area contributed by atoms with Crippen LogP contribution in [0.5, 0.6) is 5.75 Å². The zero-order valence-corrected chi connectivity index (χ0v) is 13.2. The highest BCUT2D eigenvalue weighted by atomic mass is 19.3. The first-order valence-electron chi connectivity index (χ1n) is 6.94. The van der Waals surface area contributed by atoms with Gasteiger partial charge in [0.15, 0.2) is 0 Å². The van der Waals surface area contributed by atoms with Gasteiger partial charge in [0, 0.05) is 24.3 Å². The van der Waals surface area contributed by atoms with Gasteiger partial charge in [-0.1, -0.05) is 6.07 Å². The number of alkyl halides is 2. The standard InChI is InChI=1S/C15H22F2N2O3/c1-10(9-18-14(20)22-15(2,3)4)19-11-6-5-7-12(8-11)21-13(16)17/h5-8,10,13,19H,9H2,1-4H3,(H,18,20). The number of anilines is 1. The van der Waals surface area contributed by atoms with Gasteiger partial charge in [-0.2, -0.15) is 8.78 Å². The zero-order valence-electron chi connectivity index (χ0n) is 13.2. The molecule has 1 rings (SSSR count). The number of hydrogen-bond acceptors (Lipinski definition) is 4. The molecule has 1 amide bonds. The molecule has 0 saturated heterocycles. The zero-order chi connectivity index (χ0) is 16.8. The summed E-state index contributed by atoms with van der Waals surface area (Å²) >= 11 is 0. The van der Waals surface area contributed by atoms with E-state index in [-0.39, 0.29) is 11.8 Å². The van der Waals surface area contributed by atoms with Crippen LogP contribution in [-0.2, 0) is 4.74 Å². The molecule has 0 heterocycles. The van der Waals surface area contributed by atoms with E-state index in [1.807, 2.05) is 6.92 Å². The van der Waals surface area contributed by atoms with Crippen molar-refractivity contribution >= 4 is 11.8 Å². The number of amides is 1. The fraction of sp³-hybridized carbons (Fsp3) is 0.533. The largest absolute Gasteiger partial charge is 0.444 e. The third-order valence-electron chi connectivity index (χ3n) is 2.42. The van der Waals surface area contributed by atoms with E-state index in [0.717, 1.165) is 0 Å². The molecule has 1 aromatic rings. The quantitative estimate of drug-likeness (QED) is 0.841. The molecule has 5 nitrogen and oxygen atoms in total. The monoisotopic (exact) mass is 316 g/mol. The van der Waals surface area contributed by atoms with Gasteiger partial charge in [-0.3, -0.25) is 0 Å². The normalized spacial score (nSPS) is 12.7. The van der Waals surface area contributed by atoms with Crippen molar-refractivity contribution in [3.05, 3.63) is 24.3 Å². The number of halogens is 2. The number of hydrogen-bond donors (Lipinski definition) is 2. The van der Waals surface area contributed by atoms with Crippen molar-refractivity contribution in [3.8, 4) is 5.75 Å². The van der Waals surface area contributed by atoms with Gasteiger partial charge < -0.3 is 20.1 Å². The molecule has 1 atom stereocenters. The maximum Gasteiger partial charge on any atom is 0.407 e. The van der Waals surface area contributed by atoms with Gasteiger partial charge in [-0.15, -0.1) is 0 Å². The van der Waals surface area contributed by atoms with Crippen molar-refractivity contribution in [1.29, 1.82) is 0 Å². The summed E-state index contributed by atoms with van der Waals surface area (Å²) in [5.41, 5.74) is 0.0680. The molecule has 0 radical (unpaired) electrons. The van der Waals surface area contributed by atoms with Gasteiger partial charge in [0.05, 0.1) is 0 Å². The van der Waals surface area contributed by atoms with Crippen LogP contribution in [0.25, 0.3) is 0 Å². The lowest BCUT2D eigenvalue weighted by atomic mass is 10.2. The first-order chi connectivity index (χ1) is 10.2. The fourth-order valence-corrected chi connectivity index (χ4v) is 1.65. The fourth-order valence-electron chi connectivity index (χ4n) is 1.65. The molecule has 0 bridgehead atoms. The average Bonchev–Trinajstić information content (AvgIpc) is 2.34. The first-order valence-corrected chi connectivity index (χ1v) is 6.94. The molecule has 124 valence electrons. The highest BCUT2D eigenvalue weighted by molar-refractivity contribution is 5.67. The molecule has 0 aliphatic carbocycles. The van der Waals surface area contributed by atoms with Crippen LogP contribution in [0.4, 0.5) is 19.3 Å². The Bertz CT molecular complexity index is 490. The summed E-state index contributed by atoms with van der Waals surface area (Å²) in [6.45, 7) is 4.66. The number of alkyl carbamates (subject to hydrolysis) is 1. The SMILES string of the molecule is CC(CNC(=O)OC(C)(C)C)Nc1cccc(OC(F)F)c1. The Balaban J connectivity index is 2.45. The van der Waals surface area contributed by atoms with Crippen molar-refractivity contribution in [3.63, 3.8) is 0 Å². The molecule has 1 unspecified atom stereocenters. The van der Waals surface area contributed by atoms with E-state index < -0.39 is 18.3 Å². The molecule has 1 aromatic carbocycles. The maximum absolute atomic E-state index is 12.2. The summed E-state index contributed by atoms with van der Waals surface area (Å²) in [6.07, 6.45) is -0.504. The van der Waals surface area contributed by atoms with Crippen molar-refractivity contribution in [2.45, 2.75) is 45.9 Å². The molecule has 7 heteroatoms. The minimum absolute atomic E-state index is 0.0762. The van der Waals surface area contributed by atoms with Gasteiger partial charge in [0.2, 0.25) is 0 Å². The van der Waals surface area contributed by atoms with Gasteiger partial charge in [-0.05, 0) is 39.8 Å². The van der Waals surface area contributed by atoms with Crippen molar-refractivity contribution < 1.29 is 23.0 Å². The van der Waals surface area contributed by atoms with E-state index in [0.29, 0.717) is 12.2 Å². The molecule has 0 saturated carbocycles. The third kappa shape index (κ3) is 7.66. The van der Waals surface area contributed by atoms with Crippen LogP contribution < -0.4 is 15.4 Å². The Morgan fingerprint density at radius 1 is 1.32 bits per heavy atom. The smallest absolute Gasteiger partial charge is 0.407 e. The van der Waals surface area contributed by atoms with Crippen molar-refractivity contribution in [2.24, 2.45) is 0 Å². The molecule has 0 aromatic heterocycles. The van der Waals surface area contributed by atoms with Crippen LogP contribution in [0.15, 0.2) is 24.3 Å². The minimum Gasteiger partial charge on any atom is -0.444 e. The second-order valence-corrected chi connectivity index (χ2v) is 5.83. The number of ether oxygens (including phenoxy) is 2. The molecule has 0 fully saturated rings. The highest BCUT2D eigenvalue weighted by Gasteiger charge is 2.16. The predicted octanol–water partition coefficient (Wildman–Crippen LogP) is 3.61. The summed E-state index contributed by atoms with van der Waals surface area (Å²) in [6, 6.07) is 6.13. The molecular weight excluding hydrogens is 294 g/mol. The Morgan fingerprint density at radius 2 is 2.00 bits per heavy atom. The number of nitrogens with one attached hydrogen (secondary N) is 2. The van der Waals surface area contributed by atoms with Crippen LogP contribution in [-0.4, -0.2) is 30.9 Å². The van der Waals surface area contributed by atoms with E-state index in [9.17, 15) is 13.6 Å². The Kier molecular flexibility index (Phi) is 6.39. The molecule has 2 N–H and O–H groups in total. The van der Waals surface area contributed by atoms with Gasteiger partial charge in [0.1, 0.15) is 11.4 Å². The summed E-state index contributed by atoms with van der Waals surface area (Å²) in [5, 5.41) is 5.71. The van der Waals surface area contributed by atoms with Crippen LogP contribution in [0.3, 0.4) is 0 Å². The summed E-state index contributed by atoms with van der Waals surface area (Å²) < 4.78 is 33.8. The Labute approximate surface area is 129 Å². The molecular formula is C15H22F2N2O3. The van der Waals surface area contributed by atoms with Crippen LogP contribution in [0.2, 0.25) is 0 Å². The highest BCUT2D eigenvalue weighted by Crippen LogP contribution is 2.19. The van der Waals surface area contributed by atoms with Gasteiger partial charge in [0.25, 0.3) is 0 Å². The van der Waals surface area contributed by atoms with Crippen molar-refractivity contribution in [2.75, 3.05) is 11.9 Å².